The third-order valence-corrected chi connectivity index (χ3v) is 3.21. The van der Waals surface area contributed by atoms with E-state index in [-0.39, 0.29) is 0 Å². The van der Waals surface area contributed by atoms with E-state index < -0.39 is 11.9 Å². The minimum atomic E-state index is -0.800. The van der Waals surface area contributed by atoms with Crippen LogP contribution in [0.3, 0.4) is 0 Å². The molecule has 1 heterocycles. The second-order valence-electron chi connectivity index (χ2n) is 4.73. The highest BCUT2D eigenvalue weighted by Crippen LogP contribution is 2.16. The van der Waals surface area contributed by atoms with Crippen molar-refractivity contribution in [2.45, 2.75) is 25.9 Å². The van der Waals surface area contributed by atoms with E-state index in [4.69, 9.17) is 5.11 Å². The van der Waals surface area contributed by atoms with E-state index >= 15 is 0 Å². The lowest BCUT2D eigenvalue weighted by atomic mass is 10.0. The molecule has 2 aromatic rings. The number of benzene rings is 1. The van der Waals surface area contributed by atoms with Crippen LogP contribution < -0.4 is 5.32 Å². The van der Waals surface area contributed by atoms with Crippen molar-refractivity contribution in [2.24, 2.45) is 0 Å². The number of carbonyl (C=O) groups is 1. The van der Waals surface area contributed by atoms with Crippen molar-refractivity contribution >= 4 is 5.97 Å². The molecule has 0 aliphatic heterocycles. The van der Waals surface area contributed by atoms with Gasteiger partial charge in [0, 0.05) is 19.3 Å². The van der Waals surface area contributed by atoms with Crippen LogP contribution >= 0.6 is 0 Å². The Morgan fingerprint density at radius 2 is 1.95 bits per heavy atom. The summed E-state index contributed by atoms with van der Waals surface area (Å²) in [6.07, 6.45) is 1.78. The highest BCUT2D eigenvalue weighted by molar-refractivity contribution is 5.75. The van der Waals surface area contributed by atoms with Crippen molar-refractivity contribution in [1.82, 2.24) is 10.3 Å². The maximum absolute atomic E-state index is 10.9. The van der Waals surface area contributed by atoms with Crippen LogP contribution in [0.5, 0.6) is 0 Å². The number of aliphatic carboxylic acids is 1. The maximum atomic E-state index is 10.9. The first-order valence-corrected chi connectivity index (χ1v) is 6.59. The zero-order chi connectivity index (χ0) is 14.4. The Bertz CT molecular complexity index is 552. The minimum absolute atomic E-state index is 0.467. The van der Waals surface area contributed by atoms with Gasteiger partial charge in [0.15, 0.2) is 0 Å². The van der Waals surface area contributed by atoms with E-state index in [1.165, 1.54) is 0 Å². The third kappa shape index (κ3) is 3.90. The van der Waals surface area contributed by atoms with Crippen LogP contribution in [0.1, 0.15) is 29.7 Å². The van der Waals surface area contributed by atoms with Crippen LogP contribution in [0.2, 0.25) is 0 Å². The molecule has 0 saturated carbocycles. The van der Waals surface area contributed by atoms with Crippen molar-refractivity contribution in [3.63, 3.8) is 0 Å². The number of carboxylic acids is 1. The van der Waals surface area contributed by atoms with Gasteiger partial charge in [-0.05, 0) is 30.2 Å². The molecule has 4 nitrogen and oxygen atoms in total. The quantitative estimate of drug-likeness (QED) is 0.847. The Balaban J connectivity index is 1.86. The van der Waals surface area contributed by atoms with Gasteiger partial charge in [0.05, 0.1) is 11.6 Å². The van der Waals surface area contributed by atoms with Crippen molar-refractivity contribution < 1.29 is 9.90 Å². The number of hydrogen-bond acceptors (Lipinski definition) is 3. The summed E-state index contributed by atoms with van der Waals surface area (Å²) in [5, 5.41) is 12.3. The molecule has 0 aliphatic carbocycles. The lowest BCUT2D eigenvalue weighted by molar-refractivity contribution is -0.138. The SMILES string of the molecule is CC(C(=O)O)c1ccc(CNCc2ccccn2)cc1. The summed E-state index contributed by atoms with van der Waals surface area (Å²) in [5.41, 5.74) is 2.96. The first-order valence-electron chi connectivity index (χ1n) is 6.59. The topological polar surface area (TPSA) is 62.2 Å². The van der Waals surface area contributed by atoms with Crippen LogP contribution in [-0.2, 0) is 17.9 Å². The van der Waals surface area contributed by atoms with Crippen molar-refractivity contribution in [3.8, 4) is 0 Å². The van der Waals surface area contributed by atoms with Gasteiger partial charge < -0.3 is 10.4 Å². The predicted octanol–water partition coefficient (Wildman–Crippen LogP) is 2.56. The predicted molar refractivity (Wildman–Crippen MR) is 77.3 cm³/mol. The van der Waals surface area contributed by atoms with Gasteiger partial charge in [-0.15, -0.1) is 0 Å². The normalized spacial score (nSPS) is 12.1. The summed E-state index contributed by atoms with van der Waals surface area (Å²) in [7, 11) is 0. The van der Waals surface area contributed by atoms with E-state index in [9.17, 15) is 4.79 Å². The van der Waals surface area contributed by atoms with E-state index in [2.05, 4.69) is 10.3 Å². The van der Waals surface area contributed by atoms with Gasteiger partial charge in [0.2, 0.25) is 0 Å². The lowest BCUT2D eigenvalue weighted by Crippen LogP contribution is -2.13. The molecule has 0 bridgehead atoms. The number of pyridine rings is 1. The molecule has 1 unspecified atom stereocenters. The standard InChI is InChI=1S/C16H18N2O2/c1-12(16(19)20)14-7-5-13(6-8-14)10-17-11-15-4-2-3-9-18-15/h2-9,12,17H,10-11H2,1H3,(H,19,20). The lowest BCUT2D eigenvalue weighted by Gasteiger charge is -2.08. The third-order valence-electron chi connectivity index (χ3n) is 3.21. The van der Waals surface area contributed by atoms with Crippen LogP contribution in [0.15, 0.2) is 48.7 Å². The first kappa shape index (κ1) is 14.2. The average Bonchev–Trinajstić information content (AvgIpc) is 2.48. The summed E-state index contributed by atoms with van der Waals surface area (Å²) in [4.78, 5) is 15.1. The first-order chi connectivity index (χ1) is 9.66. The van der Waals surface area contributed by atoms with Crippen LogP contribution in [0.25, 0.3) is 0 Å². The highest BCUT2D eigenvalue weighted by atomic mass is 16.4. The maximum Gasteiger partial charge on any atom is 0.310 e. The Kier molecular flexibility index (Phi) is 4.85. The van der Waals surface area contributed by atoms with Crippen molar-refractivity contribution in [2.75, 3.05) is 0 Å². The molecule has 1 aromatic carbocycles. The van der Waals surface area contributed by atoms with Crippen LogP contribution in [0, 0.1) is 0 Å². The number of carboxylic acid groups (broad SMARTS) is 1. The molecule has 0 fully saturated rings. The molecule has 2 rings (SSSR count). The van der Waals surface area contributed by atoms with Crippen LogP contribution in [-0.4, -0.2) is 16.1 Å². The van der Waals surface area contributed by atoms with E-state index in [0.29, 0.717) is 6.54 Å². The monoisotopic (exact) mass is 270 g/mol. The Morgan fingerprint density at radius 1 is 1.20 bits per heavy atom. The minimum Gasteiger partial charge on any atom is -0.481 e. The largest absolute Gasteiger partial charge is 0.481 e. The number of nitrogens with one attached hydrogen (secondary N) is 1. The molecule has 20 heavy (non-hydrogen) atoms. The Hall–Kier alpha value is -2.20. The molecule has 0 amide bonds. The fourth-order valence-corrected chi connectivity index (χ4v) is 1.90. The van der Waals surface area contributed by atoms with Crippen molar-refractivity contribution in [3.05, 3.63) is 65.5 Å². The average molecular weight is 270 g/mol. The number of rotatable bonds is 6. The molecular formula is C16H18N2O2. The molecular weight excluding hydrogens is 252 g/mol. The second kappa shape index (κ2) is 6.82. The Labute approximate surface area is 118 Å². The van der Waals surface area contributed by atoms with Gasteiger partial charge in [0.1, 0.15) is 0 Å². The Morgan fingerprint density at radius 3 is 2.55 bits per heavy atom. The van der Waals surface area contributed by atoms with Gasteiger partial charge in [0.25, 0.3) is 0 Å². The fourth-order valence-electron chi connectivity index (χ4n) is 1.90. The molecule has 1 atom stereocenters. The molecule has 104 valence electrons. The molecule has 1 aromatic heterocycles. The highest BCUT2D eigenvalue weighted by Gasteiger charge is 2.12. The van der Waals surface area contributed by atoms with Crippen molar-refractivity contribution in [1.29, 1.82) is 0 Å². The molecule has 4 heteroatoms. The molecule has 0 spiro atoms. The smallest absolute Gasteiger partial charge is 0.310 e. The summed E-state index contributed by atoms with van der Waals surface area (Å²) in [6, 6.07) is 13.5. The van der Waals surface area contributed by atoms with Gasteiger partial charge in [-0.1, -0.05) is 30.3 Å². The summed E-state index contributed by atoms with van der Waals surface area (Å²) in [5.74, 6) is -1.27. The zero-order valence-corrected chi connectivity index (χ0v) is 11.4. The zero-order valence-electron chi connectivity index (χ0n) is 11.4. The van der Waals surface area contributed by atoms with E-state index in [1.807, 2.05) is 42.5 Å². The van der Waals surface area contributed by atoms with E-state index in [0.717, 1.165) is 23.4 Å². The second-order valence-corrected chi connectivity index (χ2v) is 4.73. The summed E-state index contributed by atoms with van der Waals surface area (Å²) < 4.78 is 0. The molecule has 0 aliphatic rings. The molecule has 2 N–H and O–H groups in total. The van der Waals surface area contributed by atoms with Gasteiger partial charge >= 0.3 is 5.97 Å². The fraction of sp³-hybridized carbons (Fsp3) is 0.250. The van der Waals surface area contributed by atoms with Gasteiger partial charge in [-0.2, -0.15) is 0 Å². The summed E-state index contributed by atoms with van der Waals surface area (Å²) in [6.45, 7) is 3.14. The van der Waals surface area contributed by atoms with Crippen LogP contribution in [0.4, 0.5) is 0 Å². The van der Waals surface area contributed by atoms with E-state index in [1.54, 1.807) is 13.1 Å². The molecule has 0 saturated heterocycles. The molecule has 0 radical (unpaired) electrons. The van der Waals surface area contributed by atoms with Gasteiger partial charge in [-0.3, -0.25) is 9.78 Å². The number of nitrogens with zero attached hydrogens (tertiary/aromatic N) is 1. The number of hydrogen-bond donors (Lipinski definition) is 2. The summed E-state index contributed by atoms with van der Waals surface area (Å²) >= 11 is 0. The van der Waals surface area contributed by atoms with Gasteiger partial charge in [-0.25, -0.2) is 0 Å². The number of aromatic nitrogens is 1.